The molecule has 0 bridgehead atoms. The molecule has 0 saturated heterocycles. The van der Waals surface area contributed by atoms with Crippen LogP contribution >= 0.6 is 0 Å². The van der Waals surface area contributed by atoms with E-state index in [-0.39, 0.29) is 0 Å². The van der Waals surface area contributed by atoms with Crippen molar-refractivity contribution in [2.75, 3.05) is 24.3 Å². The minimum absolute atomic E-state index is 0.321. The third-order valence-corrected chi connectivity index (χ3v) is 4.25. The van der Waals surface area contributed by atoms with Crippen molar-refractivity contribution in [1.82, 2.24) is 0 Å². The minimum atomic E-state index is -4.86. The van der Waals surface area contributed by atoms with E-state index in [1.54, 1.807) is 24.3 Å². The van der Waals surface area contributed by atoms with Crippen LogP contribution in [0.3, 0.4) is 0 Å². The third-order valence-electron chi connectivity index (χ3n) is 3.41. The van der Waals surface area contributed by atoms with Gasteiger partial charge in [-0.3, -0.25) is 24.8 Å². The summed E-state index contributed by atoms with van der Waals surface area (Å²) in [5.41, 5.74) is -1.06. The highest BCUT2D eigenvalue weighted by Crippen LogP contribution is 2.39. The van der Waals surface area contributed by atoms with Crippen molar-refractivity contribution in [3.8, 4) is 0 Å². The number of nitro benzene ring substituents is 2. The zero-order chi connectivity index (χ0) is 19.6. The van der Waals surface area contributed by atoms with E-state index in [2.05, 4.69) is 5.32 Å². The molecule has 2 rings (SSSR count). The molecule has 12 heteroatoms. The molecule has 0 aliphatic heterocycles. The Morgan fingerprint density at radius 3 is 1.81 bits per heavy atom. The van der Waals surface area contributed by atoms with Crippen LogP contribution in [-0.2, 0) is 10.1 Å². The van der Waals surface area contributed by atoms with Crippen LogP contribution in [0, 0.1) is 20.2 Å². The molecule has 0 unspecified atom stereocenters. The van der Waals surface area contributed by atoms with Crippen molar-refractivity contribution in [2.45, 2.75) is 4.90 Å². The van der Waals surface area contributed by atoms with E-state index >= 15 is 0 Å². The van der Waals surface area contributed by atoms with Crippen LogP contribution in [0.25, 0.3) is 0 Å². The van der Waals surface area contributed by atoms with Gasteiger partial charge in [-0.2, -0.15) is 8.42 Å². The average molecular weight is 382 g/mol. The van der Waals surface area contributed by atoms with E-state index in [1.807, 2.05) is 19.0 Å². The maximum Gasteiger partial charge on any atom is 0.301 e. The lowest BCUT2D eigenvalue weighted by molar-refractivity contribution is -0.392. The SMILES string of the molecule is CN(C)c1ccc(Nc2c([N+](=O)[O-])cc(S(=O)(=O)O)cc2[N+](=O)[O-])cc1. The fourth-order valence-corrected chi connectivity index (χ4v) is 2.66. The number of nitrogens with zero attached hydrogens (tertiary/aromatic N) is 3. The monoisotopic (exact) mass is 382 g/mol. The Balaban J connectivity index is 2.62. The van der Waals surface area contributed by atoms with Gasteiger partial charge in [0.15, 0.2) is 5.69 Å². The summed E-state index contributed by atoms with van der Waals surface area (Å²) in [4.78, 5) is 21.5. The Morgan fingerprint density at radius 1 is 1.00 bits per heavy atom. The van der Waals surface area contributed by atoms with Gasteiger partial charge < -0.3 is 10.2 Å². The number of hydrogen-bond acceptors (Lipinski definition) is 8. The number of benzene rings is 2. The summed E-state index contributed by atoms with van der Waals surface area (Å²) < 4.78 is 31.5. The van der Waals surface area contributed by atoms with Crippen LogP contribution in [-0.4, -0.2) is 36.9 Å². The summed E-state index contributed by atoms with van der Waals surface area (Å²) in [5, 5.41) is 25.1. The van der Waals surface area contributed by atoms with E-state index in [0.717, 1.165) is 5.69 Å². The van der Waals surface area contributed by atoms with Crippen LogP contribution in [0.5, 0.6) is 0 Å². The predicted molar refractivity (Wildman–Crippen MR) is 93.6 cm³/mol. The summed E-state index contributed by atoms with van der Waals surface area (Å²) >= 11 is 0. The number of nitrogens with one attached hydrogen (secondary N) is 1. The first-order chi connectivity index (χ1) is 12.0. The van der Waals surface area contributed by atoms with E-state index < -0.39 is 41.9 Å². The Kier molecular flexibility index (Phi) is 5.09. The van der Waals surface area contributed by atoms with Gasteiger partial charge in [0.2, 0.25) is 0 Å². The second kappa shape index (κ2) is 6.93. The molecule has 0 aromatic heterocycles. The van der Waals surface area contributed by atoms with Crippen LogP contribution in [0.2, 0.25) is 0 Å². The molecule has 0 heterocycles. The van der Waals surface area contributed by atoms with Crippen molar-refractivity contribution in [1.29, 1.82) is 0 Å². The normalized spacial score (nSPS) is 11.0. The second-order valence-corrected chi connectivity index (χ2v) is 6.81. The zero-order valence-electron chi connectivity index (χ0n) is 13.6. The molecule has 0 radical (unpaired) electrons. The van der Waals surface area contributed by atoms with Crippen molar-refractivity contribution in [2.24, 2.45) is 0 Å². The Labute approximate surface area is 147 Å². The summed E-state index contributed by atoms with van der Waals surface area (Å²) in [7, 11) is -1.24. The standard InChI is InChI=1S/C14H14N4O7S/c1-16(2)10-5-3-9(4-6-10)15-14-12(17(19)20)7-11(26(23,24)25)8-13(14)18(21)22/h3-8,15H,1-2H3,(H,23,24,25). The van der Waals surface area contributed by atoms with Crippen molar-refractivity contribution in [3.05, 3.63) is 56.6 Å². The fraction of sp³-hybridized carbons (Fsp3) is 0.143. The zero-order valence-corrected chi connectivity index (χ0v) is 14.4. The van der Waals surface area contributed by atoms with Crippen LogP contribution in [0.15, 0.2) is 41.3 Å². The molecule has 0 amide bonds. The van der Waals surface area contributed by atoms with Crippen molar-refractivity contribution < 1.29 is 22.8 Å². The minimum Gasteiger partial charge on any atom is -0.378 e. The lowest BCUT2D eigenvalue weighted by Gasteiger charge is -2.13. The summed E-state index contributed by atoms with van der Waals surface area (Å²) in [6.45, 7) is 0. The van der Waals surface area contributed by atoms with E-state index in [9.17, 15) is 28.6 Å². The van der Waals surface area contributed by atoms with E-state index in [4.69, 9.17) is 4.55 Å². The molecule has 0 aliphatic carbocycles. The van der Waals surface area contributed by atoms with Gasteiger partial charge in [0.25, 0.3) is 10.1 Å². The number of rotatable bonds is 6. The third kappa shape index (κ3) is 4.04. The molecule has 2 aromatic carbocycles. The highest BCUT2D eigenvalue weighted by molar-refractivity contribution is 7.85. The van der Waals surface area contributed by atoms with E-state index in [1.165, 1.54) is 0 Å². The molecule has 0 saturated carbocycles. The first-order valence-electron chi connectivity index (χ1n) is 6.99. The van der Waals surface area contributed by atoms with Crippen molar-refractivity contribution in [3.63, 3.8) is 0 Å². The largest absolute Gasteiger partial charge is 0.378 e. The highest BCUT2D eigenvalue weighted by atomic mass is 32.2. The maximum absolute atomic E-state index is 11.3. The Hall–Kier alpha value is -3.25. The smallest absolute Gasteiger partial charge is 0.301 e. The molecule has 0 spiro atoms. The number of hydrogen-bond donors (Lipinski definition) is 2. The van der Waals surface area contributed by atoms with Gasteiger partial charge in [-0.1, -0.05) is 0 Å². The molecule has 2 N–H and O–H groups in total. The average Bonchev–Trinajstić information content (AvgIpc) is 2.53. The van der Waals surface area contributed by atoms with Gasteiger partial charge in [0.05, 0.1) is 9.85 Å². The maximum atomic E-state index is 11.3. The van der Waals surface area contributed by atoms with Crippen molar-refractivity contribution >= 4 is 38.6 Å². The summed E-state index contributed by atoms with van der Waals surface area (Å²) in [6, 6.07) is 7.59. The number of nitro groups is 2. The molecule has 26 heavy (non-hydrogen) atoms. The van der Waals surface area contributed by atoms with Crippen LogP contribution in [0.4, 0.5) is 28.4 Å². The predicted octanol–water partition coefficient (Wildman–Crippen LogP) is 2.56. The quantitative estimate of drug-likeness (QED) is 0.435. The van der Waals surface area contributed by atoms with Crippen LogP contribution < -0.4 is 10.2 Å². The van der Waals surface area contributed by atoms with Crippen LogP contribution in [0.1, 0.15) is 0 Å². The van der Waals surface area contributed by atoms with Gasteiger partial charge >= 0.3 is 11.4 Å². The summed E-state index contributed by atoms with van der Waals surface area (Å²) in [6.07, 6.45) is 0. The molecular weight excluding hydrogens is 368 g/mol. The summed E-state index contributed by atoms with van der Waals surface area (Å²) in [5.74, 6) is 0. The molecule has 0 fully saturated rings. The molecule has 2 aromatic rings. The first-order valence-corrected chi connectivity index (χ1v) is 8.43. The molecule has 11 nitrogen and oxygen atoms in total. The van der Waals surface area contributed by atoms with E-state index in [0.29, 0.717) is 17.8 Å². The molecule has 138 valence electrons. The van der Waals surface area contributed by atoms with Gasteiger partial charge in [0.1, 0.15) is 4.90 Å². The molecule has 0 atom stereocenters. The second-order valence-electron chi connectivity index (χ2n) is 5.39. The first kappa shape index (κ1) is 19.1. The fourth-order valence-electron chi connectivity index (χ4n) is 2.14. The molecular formula is C14H14N4O7S. The topological polar surface area (TPSA) is 156 Å². The lowest BCUT2D eigenvalue weighted by atomic mass is 10.2. The Bertz CT molecular complexity index is 936. The van der Waals surface area contributed by atoms with Gasteiger partial charge in [-0.05, 0) is 24.3 Å². The highest BCUT2D eigenvalue weighted by Gasteiger charge is 2.30. The van der Waals surface area contributed by atoms with Gasteiger partial charge in [0, 0.05) is 37.6 Å². The number of anilines is 3. The van der Waals surface area contributed by atoms with Gasteiger partial charge in [-0.15, -0.1) is 0 Å². The lowest BCUT2D eigenvalue weighted by Crippen LogP contribution is -2.08. The molecule has 0 aliphatic rings. The Morgan fingerprint density at radius 2 is 1.46 bits per heavy atom. The van der Waals surface area contributed by atoms with Gasteiger partial charge in [-0.25, -0.2) is 0 Å².